The lowest BCUT2D eigenvalue weighted by atomic mass is 9.77. The van der Waals surface area contributed by atoms with Crippen LogP contribution in [0.3, 0.4) is 0 Å². The van der Waals surface area contributed by atoms with Crippen LogP contribution in [0.1, 0.15) is 56.0 Å². The number of likely N-dealkylation sites (tertiary alicyclic amines) is 1. The SMILES string of the molecule is Cc1ccc(C(=O)N2CCCC(C(C)(C)C)CC2)cc1O. The number of carbonyl (C=O) groups excluding carboxylic acids is 1. The summed E-state index contributed by atoms with van der Waals surface area (Å²) in [5.41, 5.74) is 1.70. The number of rotatable bonds is 1. The van der Waals surface area contributed by atoms with Gasteiger partial charge >= 0.3 is 0 Å². The predicted octanol–water partition coefficient (Wildman–Crippen LogP) is 3.99. The van der Waals surface area contributed by atoms with Crippen molar-refractivity contribution < 1.29 is 9.90 Å². The van der Waals surface area contributed by atoms with Crippen LogP contribution >= 0.6 is 0 Å². The first-order chi connectivity index (χ1) is 9.79. The van der Waals surface area contributed by atoms with E-state index in [4.69, 9.17) is 0 Å². The summed E-state index contributed by atoms with van der Waals surface area (Å²) in [6, 6.07) is 5.20. The summed E-state index contributed by atoms with van der Waals surface area (Å²) in [6.45, 7) is 10.3. The van der Waals surface area contributed by atoms with Crippen molar-refractivity contribution in [2.45, 2.75) is 47.0 Å². The van der Waals surface area contributed by atoms with E-state index in [0.29, 0.717) is 16.9 Å². The van der Waals surface area contributed by atoms with Crippen LogP contribution in [0.2, 0.25) is 0 Å². The highest BCUT2D eigenvalue weighted by atomic mass is 16.3. The van der Waals surface area contributed by atoms with Gasteiger partial charge in [-0.15, -0.1) is 0 Å². The number of nitrogens with zero attached hydrogens (tertiary/aromatic N) is 1. The molecular formula is C18H27NO2. The van der Waals surface area contributed by atoms with E-state index < -0.39 is 0 Å². The molecule has 3 nitrogen and oxygen atoms in total. The van der Waals surface area contributed by atoms with E-state index >= 15 is 0 Å². The monoisotopic (exact) mass is 289 g/mol. The molecule has 1 heterocycles. The topological polar surface area (TPSA) is 40.5 Å². The Morgan fingerprint density at radius 1 is 1.24 bits per heavy atom. The lowest BCUT2D eigenvalue weighted by Gasteiger charge is -2.29. The fourth-order valence-corrected chi connectivity index (χ4v) is 3.09. The van der Waals surface area contributed by atoms with Gasteiger partial charge in [0, 0.05) is 18.7 Å². The molecule has 2 rings (SSSR count). The second kappa shape index (κ2) is 6.08. The van der Waals surface area contributed by atoms with Crippen molar-refractivity contribution in [3.8, 4) is 5.75 Å². The molecule has 1 aliphatic heterocycles. The summed E-state index contributed by atoms with van der Waals surface area (Å²) in [5.74, 6) is 0.907. The van der Waals surface area contributed by atoms with Crippen LogP contribution in [0.25, 0.3) is 0 Å². The molecule has 1 atom stereocenters. The van der Waals surface area contributed by atoms with Gasteiger partial charge in [-0.25, -0.2) is 0 Å². The van der Waals surface area contributed by atoms with Crippen molar-refractivity contribution in [2.75, 3.05) is 13.1 Å². The number of hydrogen-bond acceptors (Lipinski definition) is 2. The minimum atomic E-state index is 0.0415. The lowest BCUT2D eigenvalue weighted by molar-refractivity contribution is 0.0755. The molecule has 0 saturated carbocycles. The number of phenols is 1. The maximum atomic E-state index is 12.6. The van der Waals surface area contributed by atoms with Gasteiger partial charge in [-0.2, -0.15) is 0 Å². The Hall–Kier alpha value is -1.51. The highest BCUT2D eigenvalue weighted by Gasteiger charge is 2.28. The molecule has 1 aromatic rings. The second-order valence-electron chi connectivity index (χ2n) is 7.29. The van der Waals surface area contributed by atoms with E-state index in [9.17, 15) is 9.90 Å². The summed E-state index contributed by atoms with van der Waals surface area (Å²) in [4.78, 5) is 14.5. The van der Waals surface area contributed by atoms with Crippen molar-refractivity contribution in [1.82, 2.24) is 4.90 Å². The molecule has 0 spiro atoms. The van der Waals surface area contributed by atoms with Gasteiger partial charge < -0.3 is 10.0 Å². The molecule has 21 heavy (non-hydrogen) atoms. The molecule has 1 aliphatic rings. The third kappa shape index (κ3) is 3.78. The molecule has 0 radical (unpaired) electrons. The van der Waals surface area contributed by atoms with E-state index in [2.05, 4.69) is 20.8 Å². The standard InChI is InChI=1S/C18H27NO2/c1-13-7-8-14(12-16(13)20)17(21)19-10-5-6-15(9-11-19)18(2,3)4/h7-8,12,15,20H,5-6,9-11H2,1-4H3. The minimum Gasteiger partial charge on any atom is -0.508 e. The first-order valence-corrected chi connectivity index (χ1v) is 7.88. The first kappa shape index (κ1) is 15.9. The molecule has 1 fully saturated rings. The Labute approximate surface area is 128 Å². The maximum absolute atomic E-state index is 12.6. The normalized spacial score (nSPS) is 20.2. The fraction of sp³-hybridized carbons (Fsp3) is 0.611. The Bertz CT molecular complexity index is 516. The quantitative estimate of drug-likeness (QED) is 0.849. The van der Waals surface area contributed by atoms with E-state index in [0.717, 1.165) is 31.5 Å². The van der Waals surface area contributed by atoms with Crippen LogP contribution in [0, 0.1) is 18.3 Å². The van der Waals surface area contributed by atoms with Crippen LogP contribution in [0.5, 0.6) is 5.75 Å². The van der Waals surface area contributed by atoms with Crippen LogP contribution in [0.15, 0.2) is 18.2 Å². The van der Waals surface area contributed by atoms with Gasteiger partial charge in [0.05, 0.1) is 0 Å². The van der Waals surface area contributed by atoms with Gasteiger partial charge in [-0.1, -0.05) is 26.8 Å². The lowest BCUT2D eigenvalue weighted by Crippen LogP contribution is -2.32. The van der Waals surface area contributed by atoms with Crippen molar-refractivity contribution in [1.29, 1.82) is 0 Å². The molecule has 1 unspecified atom stereocenters. The smallest absolute Gasteiger partial charge is 0.253 e. The average Bonchev–Trinajstić information content (AvgIpc) is 2.66. The van der Waals surface area contributed by atoms with Crippen molar-refractivity contribution in [3.05, 3.63) is 29.3 Å². The van der Waals surface area contributed by atoms with Gasteiger partial charge in [-0.05, 0) is 55.2 Å². The Morgan fingerprint density at radius 2 is 1.95 bits per heavy atom. The Morgan fingerprint density at radius 3 is 2.57 bits per heavy atom. The summed E-state index contributed by atoms with van der Waals surface area (Å²) >= 11 is 0. The molecule has 1 N–H and O–H groups in total. The van der Waals surface area contributed by atoms with Gasteiger partial charge in [-0.3, -0.25) is 4.79 Å². The van der Waals surface area contributed by atoms with Gasteiger partial charge in [0.25, 0.3) is 5.91 Å². The number of hydrogen-bond donors (Lipinski definition) is 1. The molecule has 116 valence electrons. The molecular weight excluding hydrogens is 262 g/mol. The van der Waals surface area contributed by atoms with E-state index in [1.807, 2.05) is 17.9 Å². The number of aryl methyl sites for hydroxylation is 1. The first-order valence-electron chi connectivity index (χ1n) is 7.88. The predicted molar refractivity (Wildman–Crippen MR) is 85.5 cm³/mol. The van der Waals surface area contributed by atoms with Gasteiger partial charge in [0.2, 0.25) is 0 Å². The molecule has 0 aromatic heterocycles. The number of benzene rings is 1. The van der Waals surface area contributed by atoms with E-state index in [-0.39, 0.29) is 11.7 Å². The number of aromatic hydroxyl groups is 1. The highest BCUT2D eigenvalue weighted by Crippen LogP contribution is 2.34. The van der Waals surface area contributed by atoms with E-state index in [1.165, 1.54) is 6.42 Å². The Balaban J connectivity index is 2.08. The van der Waals surface area contributed by atoms with Crippen LogP contribution in [-0.4, -0.2) is 29.0 Å². The van der Waals surface area contributed by atoms with Crippen molar-refractivity contribution in [2.24, 2.45) is 11.3 Å². The zero-order chi connectivity index (χ0) is 15.6. The van der Waals surface area contributed by atoms with Crippen molar-refractivity contribution >= 4 is 5.91 Å². The molecule has 0 aliphatic carbocycles. The third-order valence-corrected chi connectivity index (χ3v) is 4.70. The maximum Gasteiger partial charge on any atom is 0.253 e. The zero-order valence-electron chi connectivity index (χ0n) is 13.6. The summed E-state index contributed by atoms with van der Waals surface area (Å²) in [5, 5.41) is 9.78. The molecule has 1 aromatic carbocycles. The van der Waals surface area contributed by atoms with Gasteiger partial charge in [0.1, 0.15) is 5.75 Å². The van der Waals surface area contributed by atoms with E-state index in [1.54, 1.807) is 12.1 Å². The number of carbonyl (C=O) groups is 1. The summed E-state index contributed by atoms with van der Waals surface area (Å²) < 4.78 is 0. The third-order valence-electron chi connectivity index (χ3n) is 4.70. The number of phenolic OH excluding ortho intramolecular Hbond substituents is 1. The molecule has 0 bridgehead atoms. The van der Waals surface area contributed by atoms with Crippen LogP contribution < -0.4 is 0 Å². The second-order valence-corrected chi connectivity index (χ2v) is 7.29. The Kier molecular flexibility index (Phi) is 4.60. The van der Waals surface area contributed by atoms with Crippen LogP contribution in [-0.2, 0) is 0 Å². The average molecular weight is 289 g/mol. The number of amides is 1. The van der Waals surface area contributed by atoms with Crippen molar-refractivity contribution in [3.63, 3.8) is 0 Å². The minimum absolute atomic E-state index is 0.0415. The zero-order valence-corrected chi connectivity index (χ0v) is 13.6. The molecule has 1 saturated heterocycles. The molecule has 1 amide bonds. The summed E-state index contributed by atoms with van der Waals surface area (Å²) in [6.07, 6.45) is 3.31. The highest BCUT2D eigenvalue weighted by molar-refractivity contribution is 5.94. The summed E-state index contributed by atoms with van der Waals surface area (Å²) in [7, 11) is 0. The molecule has 3 heteroatoms. The van der Waals surface area contributed by atoms with Gasteiger partial charge in [0.15, 0.2) is 0 Å². The fourth-order valence-electron chi connectivity index (χ4n) is 3.09. The van der Waals surface area contributed by atoms with Crippen LogP contribution in [0.4, 0.5) is 0 Å². The largest absolute Gasteiger partial charge is 0.508 e.